The Hall–Kier alpha value is -2.15. The summed E-state index contributed by atoms with van der Waals surface area (Å²) in [4.78, 5) is 22.0. The summed E-state index contributed by atoms with van der Waals surface area (Å²) in [5, 5.41) is 8.72. The van der Waals surface area contributed by atoms with Gasteiger partial charge in [0.05, 0.1) is 24.3 Å². The molecular formula is C11H9NO3. The van der Waals surface area contributed by atoms with Gasteiger partial charge in [-0.15, -0.1) is 0 Å². The Morgan fingerprint density at radius 3 is 2.60 bits per heavy atom. The highest BCUT2D eigenvalue weighted by atomic mass is 16.5. The van der Waals surface area contributed by atoms with Gasteiger partial charge in [-0.25, -0.2) is 0 Å². The number of rotatable bonds is 3. The fraction of sp³-hybridized carbons (Fsp3) is 0.182. The van der Waals surface area contributed by atoms with Crippen LogP contribution in [-0.2, 0) is 0 Å². The molecule has 0 amide bonds. The molecule has 0 fully saturated rings. The average molecular weight is 203 g/mol. The number of benzene rings is 1. The van der Waals surface area contributed by atoms with Crippen molar-refractivity contribution in [2.45, 2.75) is 6.92 Å². The van der Waals surface area contributed by atoms with Crippen LogP contribution in [0.15, 0.2) is 12.1 Å². The third kappa shape index (κ3) is 2.02. The van der Waals surface area contributed by atoms with E-state index >= 15 is 0 Å². The number of Topliss-reactive ketones (excluding diaryl/α,β-unsaturated/α-hetero) is 1. The highest BCUT2D eigenvalue weighted by Gasteiger charge is 2.14. The minimum absolute atomic E-state index is 0.184. The minimum atomic E-state index is -0.271. The third-order valence-corrected chi connectivity index (χ3v) is 1.99. The maximum atomic E-state index is 11.2. The van der Waals surface area contributed by atoms with E-state index in [1.807, 2.05) is 6.07 Å². The SMILES string of the molecule is COc1cc(C#N)cc(C(C)=O)c1C=O. The number of nitriles is 1. The van der Waals surface area contributed by atoms with E-state index in [9.17, 15) is 9.59 Å². The average Bonchev–Trinajstić information content (AvgIpc) is 2.26. The van der Waals surface area contributed by atoms with Crippen LogP contribution in [0.5, 0.6) is 5.75 Å². The van der Waals surface area contributed by atoms with E-state index in [-0.39, 0.29) is 22.7 Å². The Kier molecular flexibility index (Phi) is 3.19. The Morgan fingerprint density at radius 2 is 2.20 bits per heavy atom. The van der Waals surface area contributed by atoms with E-state index < -0.39 is 0 Å². The normalized spacial score (nSPS) is 9.13. The molecule has 0 bridgehead atoms. The molecule has 0 saturated heterocycles. The van der Waals surface area contributed by atoms with Gasteiger partial charge in [0.25, 0.3) is 0 Å². The molecule has 0 atom stereocenters. The number of carbonyl (C=O) groups excluding carboxylic acids is 2. The molecule has 1 aromatic rings. The quantitative estimate of drug-likeness (QED) is 0.552. The lowest BCUT2D eigenvalue weighted by Gasteiger charge is -2.07. The van der Waals surface area contributed by atoms with Crippen molar-refractivity contribution in [1.29, 1.82) is 5.26 Å². The number of carbonyl (C=O) groups is 2. The second kappa shape index (κ2) is 4.38. The van der Waals surface area contributed by atoms with Crippen molar-refractivity contribution in [1.82, 2.24) is 0 Å². The van der Waals surface area contributed by atoms with Gasteiger partial charge in [0.2, 0.25) is 0 Å². The highest BCUT2D eigenvalue weighted by Crippen LogP contribution is 2.23. The van der Waals surface area contributed by atoms with Crippen molar-refractivity contribution in [2.24, 2.45) is 0 Å². The first-order chi connectivity index (χ1) is 7.13. The van der Waals surface area contributed by atoms with Gasteiger partial charge in [-0.2, -0.15) is 5.26 Å². The van der Waals surface area contributed by atoms with Gasteiger partial charge in [0.15, 0.2) is 12.1 Å². The maximum absolute atomic E-state index is 11.2. The number of methoxy groups -OCH3 is 1. The smallest absolute Gasteiger partial charge is 0.160 e. The molecule has 0 spiro atoms. The van der Waals surface area contributed by atoms with Crippen molar-refractivity contribution in [3.63, 3.8) is 0 Å². The lowest BCUT2D eigenvalue weighted by molar-refractivity contribution is 0.100. The molecule has 0 aliphatic heterocycles. The maximum Gasteiger partial charge on any atom is 0.160 e. The molecular weight excluding hydrogens is 194 g/mol. The van der Waals surface area contributed by atoms with Crippen LogP contribution in [-0.4, -0.2) is 19.2 Å². The van der Waals surface area contributed by atoms with Gasteiger partial charge in [-0.1, -0.05) is 0 Å². The summed E-state index contributed by atoms with van der Waals surface area (Å²) in [5.74, 6) is -0.0262. The number of hydrogen-bond acceptors (Lipinski definition) is 4. The molecule has 0 aliphatic rings. The van der Waals surface area contributed by atoms with E-state index in [2.05, 4.69) is 0 Å². The number of hydrogen-bond donors (Lipinski definition) is 0. The van der Waals surface area contributed by atoms with Crippen LogP contribution in [0.25, 0.3) is 0 Å². The minimum Gasteiger partial charge on any atom is -0.496 e. The number of ketones is 1. The zero-order valence-corrected chi connectivity index (χ0v) is 8.40. The van der Waals surface area contributed by atoms with Crippen molar-refractivity contribution in [3.05, 3.63) is 28.8 Å². The first kappa shape index (κ1) is 10.9. The molecule has 15 heavy (non-hydrogen) atoms. The predicted molar refractivity (Wildman–Crippen MR) is 53.1 cm³/mol. The zero-order chi connectivity index (χ0) is 11.4. The van der Waals surface area contributed by atoms with Crippen LogP contribution in [0.4, 0.5) is 0 Å². The lowest BCUT2D eigenvalue weighted by atomic mass is 10.0. The Balaban J connectivity index is 3.54. The fourth-order valence-electron chi connectivity index (χ4n) is 1.27. The van der Waals surface area contributed by atoms with Gasteiger partial charge in [0, 0.05) is 5.56 Å². The van der Waals surface area contributed by atoms with Crippen molar-refractivity contribution < 1.29 is 14.3 Å². The summed E-state index contributed by atoms with van der Waals surface area (Å²) in [6, 6.07) is 4.71. The van der Waals surface area contributed by atoms with Crippen LogP contribution >= 0.6 is 0 Å². The van der Waals surface area contributed by atoms with Crippen molar-refractivity contribution >= 4 is 12.1 Å². The molecule has 0 radical (unpaired) electrons. The molecule has 1 rings (SSSR count). The highest BCUT2D eigenvalue weighted by molar-refractivity contribution is 6.03. The molecule has 76 valence electrons. The van der Waals surface area contributed by atoms with Gasteiger partial charge in [-0.05, 0) is 19.1 Å². The fourth-order valence-corrected chi connectivity index (χ4v) is 1.27. The second-order valence-corrected chi connectivity index (χ2v) is 2.93. The Labute approximate surface area is 87.1 Å². The summed E-state index contributed by atoms with van der Waals surface area (Å²) in [6.45, 7) is 1.34. The lowest BCUT2D eigenvalue weighted by Crippen LogP contribution is -2.02. The second-order valence-electron chi connectivity index (χ2n) is 2.93. The summed E-state index contributed by atoms with van der Waals surface area (Å²) >= 11 is 0. The van der Waals surface area contributed by atoms with Crippen LogP contribution in [0.2, 0.25) is 0 Å². The Bertz CT molecular complexity index is 458. The molecule has 0 N–H and O–H groups in total. The molecule has 0 aromatic heterocycles. The summed E-state index contributed by atoms with van der Waals surface area (Å²) < 4.78 is 4.93. The van der Waals surface area contributed by atoms with E-state index in [1.54, 1.807) is 0 Å². The molecule has 4 nitrogen and oxygen atoms in total. The number of nitrogens with zero attached hydrogens (tertiary/aromatic N) is 1. The topological polar surface area (TPSA) is 67.2 Å². The first-order valence-corrected chi connectivity index (χ1v) is 4.22. The van der Waals surface area contributed by atoms with Crippen LogP contribution in [0.1, 0.15) is 33.2 Å². The standard InChI is InChI=1S/C11H9NO3/c1-7(14)9-3-8(5-12)4-11(15-2)10(9)6-13/h3-4,6H,1-2H3. The Morgan fingerprint density at radius 1 is 1.53 bits per heavy atom. The summed E-state index contributed by atoms with van der Waals surface area (Å²) in [5.41, 5.74) is 0.688. The van der Waals surface area contributed by atoms with Gasteiger partial charge < -0.3 is 4.74 Å². The summed E-state index contributed by atoms with van der Waals surface area (Å²) in [7, 11) is 1.38. The number of aldehydes is 1. The van der Waals surface area contributed by atoms with E-state index in [0.29, 0.717) is 11.8 Å². The van der Waals surface area contributed by atoms with Gasteiger partial charge in [-0.3, -0.25) is 9.59 Å². The van der Waals surface area contributed by atoms with Gasteiger partial charge >= 0.3 is 0 Å². The number of ether oxygens (including phenoxy) is 1. The first-order valence-electron chi connectivity index (χ1n) is 4.22. The van der Waals surface area contributed by atoms with E-state index in [0.717, 1.165) is 0 Å². The molecule has 0 aliphatic carbocycles. The molecule has 4 heteroatoms. The zero-order valence-electron chi connectivity index (χ0n) is 8.40. The predicted octanol–water partition coefficient (Wildman–Crippen LogP) is 1.58. The van der Waals surface area contributed by atoms with Crippen LogP contribution in [0, 0.1) is 11.3 Å². The van der Waals surface area contributed by atoms with E-state index in [1.165, 1.54) is 26.2 Å². The van der Waals surface area contributed by atoms with Crippen LogP contribution < -0.4 is 4.74 Å². The van der Waals surface area contributed by atoms with E-state index in [4.69, 9.17) is 10.00 Å². The van der Waals surface area contributed by atoms with Gasteiger partial charge in [0.1, 0.15) is 5.75 Å². The van der Waals surface area contributed by atoms with Crippen LogP contribution in [0.3, 0.4) is 0 Å². The molecule has 0 heterocycles. The molecule has 1 aromatic carbocycles. The third-order valence-electron chi connectivity index (χ3n) is 1.99. The molecule has 0 unspecified atom stereocenters. The van der Waals surface area contributed by atoms with Crippen molar-refractivity contribution in [3.8, 4) is 11.8 Å². The molecule has 0 saturated carbocycles. The monoisotopic (exact) mass is 203 g/mol. The largest absolute Gasteiger partial charge is 0.496 e. The van der Waals surface area contributed by atoms with Crippen molar-refractivity contribution in [2.75, 3.05) is 7.11 Å². The summed E-state index contributed by atoms with van der Waals surface area (Å²) in [6.07, 6.45) is 0.552.